The van der Waals surface area contributed by atoms with Gasteiger partial charge in [0.2, 0.25) is 0 Å². The summed E-state index contributed by atoms with van der Waals surface area (Å²) in [6, 6.07) is 0. The van der Waals surface area contributed by atoms with Crippen molar-refractivity contribution in [3.63, 3.8) is 0 Å². The van der Waals surface area contributed by atoms with Crippen LogP contribution in [0.1, 0.15) is 93.9 Å². The van der Waals surface area contributed by atoms with Gasteiger partial charge < -0.3 is 30.0 Å². The van der Waals surface area contributed by atoms with Gasteiger partial charge in [0.1, 0.15) is 11.2 Å². The number of aliphatic carboxylic acids is 2. The van der Waals surface area contributed by atoms with Crippen molar-refractivity contribution in [2.45, 2.75) is 114 Å². The molecule has 4 atom stereocenters. The van der Waals surface area contributed by atoms with E-state index in [-0.39, 0.29) is 33.0 Å². The van der Waals surface area contributed by atoms with E-state index in [0.717, 1.165) is 12.8 Å². The van der Waals surface area contributed by atoms with Crippen molar-refractivity contribution in [1.29, 1.82) is 0 Å². The van der Waals surface area contributed by atoms with Crippen LogP contribution in [0.15, 0.2) is 0 Å². The van der Waals surface area contributed by atoms with Gasteiger partial charge >= 0.3 is 69.5 Å². The van der Waals surface area contributed by atoms with Gasteiger partial charge in [0.25, 0.3) is 0 Å². The standard InChI is InChI=1S/2C8H14O3.2C4H9.Sn/c2*1-5-4-7(2,3)8(5,11)6(9)10;2*1-3-4-2;/h2*5,11H,4H2,1-3H3,(H,9,10);2*1,3-4H2,2H3;/q;;;;+2/p-2. The number of aliphatic hydroxyl groups is 2. The van der Waals surface area contributed by atoms with E-state index < -0.39 is 34.0 Å². The fourth-order valence-electron chi connectivity index (χ4n) is 4.89. The molecule has 0 aromatic carbocycles. The van der Waals surface area contributed by atoms with Crippen molar-refractivity contribution in [3.05, 3.63) is 0 Å². The molecule has 2 N–H and O–H groups in total. The number of carboxylic acids is 2. The van der Waals surface area contributed by atoms with Crippen molar-refractivity contribution < 1.29 is 30.0 Å². The van der Waals surface area contributed by atoms with E-state index in [1.54, 1.807) is 50.4 Å². The van der Waals surface area contributed by atoms with Crippen LogP contribution < -0.4 is 10.2 Å². The van der Waals surface area contributed by atoms with Crippen LogP contribution in [0.5, 0.6) is 0 Å². The summed E-state index contributed by atoms with van der Waals surface area (Å²) >= 11 is 0.149. The maximum atomic E-state index is 10.6. The molecule has 0 bridgehead atoms. The molecule has 0 aromatic rings. The first kappa shape index (κ1) is 30.7. The van der Waals surface area contributed by atoms with Crippen molar-refractivity contribution in [3.8, 4) is 0 Å². The van der Waals surface area contributed by atoms with Gasteiger partial charge in [-0.3, -0.25) is 0 Å². The summed E-state index contributed by atoms with van der Waals surface area (Å²) in [5.74, 6) is -3.08. The fourth-order valence-corrected chi connectivity index (χ4v) is 9.05. The summed E-state index contributed by atoms with van der Waals surface area (Å²) in [5.41, 5.74) is -4.31. The number of carboxylic acid groups (broad SMARTS) is 2. The van der Waals surface area contributed by atoms with E-state index in [1.807, 2.05) is 0 Å². The topological polar surface area (TPSA) is 121 Å². The molecule has 6 nitrogen and oxygen atoms in total. The minimum atomic E-state index is -1.62. The van der Waals surface area contributed by atoms with Gasteiger partial charge in [-0.15, -0.1) is 0 Å². The van der Waals surface area contributed by atoms with Crippen LogP contribution in [0.3, 0.4) is 0 Å². The average molecular weight is 547 g/mol. The van der Waals surface area contributed by atoms with Gasteiger partial charge in [-0.05, 0) is 35.5 Å². The second kappa shape index (κ2) is 12.2. The molecule has 0 radical (unpaired) electrons. The molecule has 2 rings (SSSR count). The molecule has 31 heavy (non-hydrogen) atoms. The second-order valence-corrected chi connectivity index (χ2v) is 14.8. The van der Waals surface area contributed by atoms with E-state index >= 15 is 0 Å². The Labute approximate surface area is 199 Å². The van der Waals surface area contributed by atoms with Crippen LogP contribution in [0, 0.1) is 22.7 Å². The molecule has 2 aliphatic carbocycles. The monoisotopic (exact) mass is 548 g/mol. The molecule has 2 aliphatic rings. The molecule has 0 aromatic heterocycles. The predicted octanol–water partition coefficient (Wildman–Crippen LogP) is 2.19. The molecular weight excluding hydrogens is 503 g/mol. The van der Waals surface area contributed by atoms with Crippen molar-refractivity contribution in [2.24, 2.45) is 22.7 Å². The van der Waals surface area contributed by atoms with E-state index in [9.17, 15) is 30.0 Å². The van der Waals surface area contributed by atoms with E-state index in [0.29, 0.717) is 0 Å². The molecule has 0 amide bonds. The van der Waals surface area contributed by atoms with E-state index in [1.165, 1.54) is 25.7 Å². The van der Waals surface area contributed by atoms with Gasteiger partial charge in [0.05, 0.1) is 11.9 Å². The molecule has 2 saturated carbocycles. The van der Waals surface area contributed by atoms with E-state index in [2.05, 4.69) is 13.8 Å². The van der Waals surface area contributed by atoms with Gasteiger partial charge in [-0.25, -0.2) is 0 Å². The molecule has 7 heteroatoms. The summed E-state index contributed by atoms with van der Waals surface area (Å²) in [6.45, 7) is 15.0. The molecule has 2 fully saturated rings. The first-order valence-corrected chi connectivity index (χ1v) is 15.7. The normalized spacial score (nSPS) is 31.9. The summed E-state index contributed by atoms with van der Waals surface area (Å²) in [5, 5.41) is 40.4. The SMILES string of the molecule is CC1CC(C)(C)C1(O)C(=O)[O-].CC1CC(C)(C)C1(O)C(=O)[O-].CCC[CH2][Sn+2][CH2]CCC. The van der Waals surface area contributed by atoms with Crippen LogP contribution in [0.25, 0.3) is 0 Å². The molecule has 0 spiro atoms. The van der Waals surface area contributed by atoms with Crippen molar-refractivity contribution >= 4 is 33.1 Å². The molecule has 0 aliphatic heterocycles. The van der Waals surface area contributed by atoms with Crippen LogP contribution >= 0.6 is 0 Å². The second-order valence-electron chi connectivity index (χ2n) is 10.5. The summed E-state index contributed by atoms with van der Waals surface area (Å²) in [6.07, 6.45) is 7.31. The Balaban J connectivity index is 0.000000439. The molecule has 0 saturated heterocycles. The Bertz CT molecular complexity index is 541. The van der Waals surface area contributed by atoms with Gasteiger partial charge in [-0.2, -0.15) is 0 Å². The molecule has 0 heterocycles. The quantitative estimate of drug-likeness (QED) is 0.355. The molecular formula is C24H44O6Sn. The number of hydrogen-bond donors (Lipinski definition) is 2. The number of carbonyl (C=O) groups excluding carboxylic acids is 2. The van der Waals surface area contributed by atoms with Crippen LogP contribution in [-0.4, -0.2) is 54.5 Å². The first-order chi connectivity index (χ1) is 14.1. The number of hydrogen-bond acceptors (Lipinski definition) is 6. The third kappa shape index (κ3) is 6.82. The Morgan fingerprint density at radius 2 is 1.10 bits per heavy atom. The van der Waals surface area contributed by atoms with Crippen molar-refractivity contribution in [2.75, 3.05) is 0 Å². The third-order valence-electron chi connectivity index (χ3n) is 7.16. The minimum absolute atomic E-state index is 0.149. The first-order valence-electron chi connectivity index (χ1n) is 11.6. The van der Waals surface area contributed by atoms with Gasteiger partial charge in [-0.1, -0.05) is 41.5 Å². The third-order valence-corrected chi connectivity index (χ3v) is 11.2. The Kier molecular flexibility index (Phi) is 12.1. The van der Waals surface area contributed by atoms with Crippen LogP contribution in [-0.2, 0) is 9.59 Å². The van der Waals surface area contributed by atoms with Gasteiger partial charge in [0, 0.05) is 0 Å². The van der Waals surface area contributed by atoms with Crippen LogP contribution in [0.4, 0.5) is 0 Å². The van der Waals surface area contributed by atoms with Crippen molar-refractivity contribution in [1.82, 2.24) is 0 Å². The van der Waals surface area contributed by atoms with Gasteiger partial charge in [0.15, 0.2) is 0 Å². The zero-order valence-electron chi connectivity index (χ0n) is 20.8. The summed E-state index contributed by atoms with van der Waals surface area (Å²) in [4.78, 5) is 21.1. The van der Waals surface area contributed by atoms with Crippen LogP contribution in [0.2, 0.25) is 8.87 Å². The molecule has 4 unspecified atom stereocenters. The molecule has 180 valence electrons. The average Bonchev–Trinajstić information content (AvgIpc) is 2.66. The zero-order valence-corrected chi connectivity index (χ0v) is 23.7. The number of carbonyl (C=O) groups is 2. The Hall–Kier alpha value is -0.341. The number of unbranched alkanes of at least 4 members (excludes halogenated alkanes) is 2. The predicted molar refractivity (Wildman–Crippen MR) is 120 cm³/mol. The summed E-state index contributed by atoms with van der Waals surface area (Å²) in [7, 11) is 0. The zero-order chi connectivity index (χ0) is 24.7. The Morgan fingerprint density at radius 3 is 1.23 bits per heavy atom. The fraction of sp³-hybridized carbons (Fsp3) is 0.917. The Morgan fingerprint density at radius 1 is 0.806 bits per heavy atom. The maximum absolute atomic E-state index is 10.6. The summed E-state index contributed by atoms with van der Waals surface area (Å²) < 4.78 is 3.25. The van der Waals surface area contributed by atoms with E-state index in [4.69, 9.17) is 0 Å². The number of rotatable bonds is 8.